The Morgan fingerprint density at radius 3 is 0.559 bits per heavy atom. The first-order chi connectivity index (χ1) is 20.5. The summed E-state index contributed by atoms with van der Waals surface area (Å²) in [5, 5.41) is 31.5. The van der Waals surface area contributed by atoms with Crippen molar-refractivity contribution >= 4 is 35.4 Å². The van der Waals surface area contributed by atoms with Crippen LogP contribution < -0.4 is 0 Å². The van der Waals surface area contributed by atoms with Crippen LogP contribution in [0.3, 0.4) is 0 Å². The van der Waals surface area contributed by atoms with Crippen molar-refractivity contribution in [1.82, 2.24) is 0 Å². The molecule has 22 heteroatoms. The van der Waals surface area contributed by atoms with E-state index in [1.165, 1.54) is 0 Å². The first kappa shape index (κ1) is 115. The Balaban J connectivity index is -0.0000000735. The molecule has 0 aromatic heterocycles. The Labute approximate surface area is 566 Å². The van der Waals surface area contributed by atoms with E-state index in [1.807, 2.05) is 27.7 Å². The number of nitrogens with zero attached hydrogens (tertiary/aromatic N) is 8. The van der Waals surface area contributed by atoms with Gasteiger partial charge in [0.05, 0.1) is 35.4 Å². The summed E-state index contributed by atoms with van der Waals surface area (Å²) in [5.74, 6) is -1.97. The molecule has 0 aromatic carbocycles. The van der Waals surface area contributed by atoms with Crippen LogP contribution in [-0.2, 0) is 290 Å². The van der Waals surface area contributed by atoms with Crippen molar-refractivity contribution in [2.45, 2.75) is 97.6 Å². The SMILES string of the molecule is CC(C)[N-]CC[N-]C(=O)CCCC(=O)[N-]CC[N-]C(=O)CCCC(=O)[N-]CC[N-]C(=O)CCCC(=O)[N-]CC[N-]C(C)C.[CH3-].[CH3-].[CH3-].[CH3-].[CH3-].[CH3-].[CH3-].[CH3-].[Y].[Y].[Y].[Y].[Y].[Y].[Y].[Y]. The van der Waals surface area contributed by atoms with Gasteiger partial charge < -0.3 is 131 Å². The molecular formula is C37H72N8O6Y8-16. The zero-order valence-electron chi connectivity index (χ0n) is 38.8. The normalized spacial score (nSPS) is 7.83. The molecule has 0 aliphatic rings. The molecular weight excluding hydrogens is 1360 g/mol. The standard InChI is InChI=1S/C29H54N8O6.8CH3.8Y/c1-22(2)30-14-16-32-24(38)8-5-10-26(40)34-18-20-36-28(42)12-7-13-29(43)37-21-19-35-27(41)11-6-9-25(39)33-17-15-31-23(3)4;;;;;;;;;;;;;;;;/h22-23H,5-21H2,1-4H3,(H6,32,33,34,35,36,37,38,39,40,41,42,43);8*1H3;;;;;;;;/q-2;8*-1;;;;;;;;/p-6. The van der Waals surface area contributed by atoms with Crippen molar-refractivity contribution in [1.29, 1.82) is 0 Å². The third-order valence-corrected chi connectivity index (χ3v) is 5.46. The number of rotatable bonds is 26. The third kappa shape index (κ3) is 90.6. The molecule has 0 heterocycles. The van der Waals surface area contributed by atoms with Gasteiger partial charge >= 0.3 is 0 Å². The molecule has 6 amide bonds. The van der Waals surface area contributed by atoms with Crippen LogP contribution in [0.4, 0.5) is 0 Å². The predicted octanol–water partition coefficient (Wildman–Crippen LogP) is 9.05. The number of hydrogen-bond acceptors (Lipinski definition) is 6. The van der Waals surface area contributed by atoms with Gasteiger partial charge in [0, 0.05) is 262 Å². The number of hydrogen-bond donors (Lipinski definition) is 0. The van der Waals surface area contributed by atoms with Crippen LogP contribution in [0.1, 0.15) is 85.5 Å². The molecule has 0 spiro atoms. The van der Waals surface area contributed by atoms with E-state index in [0.717, 1.165) is 0 Å². The Morgan fingerprint density at radius 2 is 0.424 bits per heavy atom. The van der Waals surface area contributed by atoms with Gasteiger partial charge in [-0.25, -0.2) is 0 Å². The van der Waals surface area contributed by atoms with E-state index in [0.29, 0.717) is 39.0 Å². The largest absolute Gasteiger partial charge is 0.661 e. The van der Waals surface area contributed by atoms with Gasteiger partial charge in [0.1, 0.15) is 0 Å². The molecule has 0 fully saturated rings. The summed E-state index contributed by atoms with van der Waals surface area (Å²) in [7, 11) is 0. The molecule has 59 heavy (non-hydrogen) atoms. The molecule has 0 aromatic rings. The van der Waals surface area contributed by atoms with E-state index in [4.69, 9.17) is 0 Å². The van der Waals surface area contributed by atoms with Crippen LogP contribution in [0.25, 0.3) is 42.5 Å². The average molecular weight is 1440 g/mol. The summed E-state index contributed by atoms with van der Waals surface area (Å²) >= 11 is 0. The number of carbonyl (C=O) groups excluding carboxylic acids is 6. The predicted molar refractivity (Wildman–Crippen MR) is 219 cm³/mol. The summed E-state index contributed by atoms with van der Waals surface area (Å²) in [6.07, 6.45) is 1.78. The second kappa shape index (κ2) is 83.6. The monoisotopic (exact) mass is 1440 g/mol. The van der Waals surface area contributed by atoms with Crippen molar-refractivity contribution in [3.63, 3.8) is 0 Å². The minimum atomic E-state index is -0.385. The van der Waals surface area contributed by atoms with Gasteiger partial charge in [0.2, 0.25) is 0 Å². The average Bonchev–Trinajstić information content (AvgIpc) is 2.93. The topological polar surface area (TPSA) is 215 Å². The van der Waals surface area contributed by atoms with E-state index in [9.17, 15) is 28.8 Å². The maximum absolute atomic E-state index is 11.8. The molecule has 0 aliphatic carbocycles. The number of carbonyl (C=O) groups is 6. The zero-order valence-corrected chi connectivity index (χ0v) is 61.5. The van der Waals surface area contributed by atoms with Gasteiger partial charge in [-0.3, -0.25) is 0 Å². The molecule has 0 saturated heterocycles. The van der Waals surface area contributed by atoms with Gasteiger partial charge in [-0.15, -0.1) is 51.4 Å². The molecule has 0 rings (SSSR count). The Kier molecular flexibility index (Phi) is 163. The van der Waals surface area contributed by atoms with Crippen molar-refractivity contribution in [3.05, 3.63) is 102 Å². The summed E-state index contributed by atoms with van der Waals surface area (Å²) in [6, 6.07) is 0.418. The van der Waals surface area contributed by atoms with Gasteiger partial charge in [-0.1, -0.05) is 27.7 Å². The Bertz CT molecular complexity index is 810. The zero-order chi connectivity index (χ0) is 32.3. The number of amides is 6. The first-order valence-electron chi connectivity index (χ1n) is 15.0. The van der Waals surface area contributed by atoms with Crippen molar-refractivity contribution in [2.24, 2.45) is 0 Å². The molecule has 0 atom stereocenters. The Hall–Kier alpha value is 5.57. The van der Waals surface area contributed by atoms with Gasteiger partial charge in [-0.05, 0) is 57.8 Å². The van der Waals surface area contributed by atoms with Crippen molar-refractivity contribution < 1.29 is 290 Å². The first-order valence-corrected chi connectivity index (χ1v) is 15.0. The van der Waals surface area contributed by atoms with Crippen LogP contribution in [-0.4, -0.2) is 99.9 Å². The van der Waals surface area contributed by atoms with Gasteiger partial charge in [-0.2, -0.15) is 13.1 Å². The fourth-order valence-corrected chi connectivity index (χ4v) is 3.33. The van der Waals surface area contributed by atoms with Crippen LogP contribution in [0.15, 0.2) is 0 Å². The summed E-state index contributed by atoms with van der Waals surface area (Å²) in [4.78, 5) is 70.6. The molecule has 336 valence electrons. The van der Waals surface area contributed by atoms with E-state index in [2.05, 4.69) is 42.5 Å². The summed E-state index contributed by atoms with van der Waals surface area (Å²) in [6.45, 7) is 9.85. The van der Waals surface area contributed by atoms with Gasteiger partial charge in [0.25, 0.3) is 0 Å². The van der Waals surface area contributed by atoms with Crippen LogP contribution in [0.2, 0.25) is 0 Å². The molecule has 0 unspecified atom stereocenters. The van der Waals surface area contributed by atoms with E-state index in [1.54, 1.807) is 0 Å². The molecule has 8 radical (unpaired) electrons. The minimum Gasteiger partial charge on any atom is -0.661 e. The molecule has 14 nitrogen and oxygen atoms in total. The summed E-state index contributed by atoms with van der Waals surface area (Å²) < 4.78 is 0. The van der Waals surface area contributed by atoms with Crippen LogP contribution >= 0.6 is 0 Å². The molecule has 0 saturated carbocycles. The second-order valence-corrected chi connectivity index (χ2v) is 10.2. The maximum atomic E-state index is 11.8. The van der Waals surface area contributed by atoms with Crippen LogP contribution in [0.5, 0.6) is 0 Å². The summed E-state index contributed by atoms with van der Waals surface area (Å²) in [5.41, 5.74) is 0. The fraction of sp³-hybridized carbons (Fsp3) is 0.622. The smallest absolute Gasteiger partial charge is 0.0511 e. The van der Waals surface area contributed by atoms with E-state index in [-0.39, 0.29) is 440 Å². The maximum Gasteiger partial charge on any atom is 0.0511 e. The molecule has 0 N–H and O–H groups in total. The van der Waals surface area contributed by atoms with Crippen molar-refractivity contribution in [3.8, 4) is 0 Å². The van der Waals surface area contributed by atoms with E-state index >= 15 is 0 Å². The van der Waals surface area contributed by atoms with Gasteiger partial charge in [0.15, 0.2) is 0 Å². The van der Waals surface area contributed by atoms with Crippen molar-refractivity contribution in [2.75, 3.05) is 52.4 Å². The van der Waals surface area contributed by atoms with Crippen LogP contribution in [0, 0.1) is 59.4 Å². The quantitative estimate of drug-likeness (QED) is 0.0608. The fourth-order valence-electron chi connectivity index (χ4n) is 3.33. The molecule has 0 bridgehead atoms. The third-order valence-electron chi connectivity index (χ3n) is 5.46. The van der Waals surface area contributed by atoms with E-state index < -0.39 is 0 Å². The molecule has 0 aliphatic heterocycles. The second-order valence-electron chi connectivity index (χ2n) is 10.2. The Morgan fingerprint density at radius 1 is 0.288 bits per heavy atom. The minimum absolute atomic E-state index is 0.